The number of aromatic hydroxyl groups is 1. The van der Waals surface area contributed by atoms with Crippen molar-refractivity contribution < 1.29 is 9.52 Å². The Hall–Kier alpha value is -2.48. The molecule has 0 bridgehead atoms. The number of benzene rings is 3. The maximum absolute atomic E-state index is 9.51. The SMILES string of the molecule is Oc1ccc2c(ccc3c4ccccc4oc23)c1. The number of phenolic OH excluding ortho intramolecular Hbond substituents is 1. The summed E-state index contributed by atoms with van der Waals surface area (Å²) < 4.78 is 5.92. The predicted octanol–water partition coefficient (Wildman–Crippen LogP) is 4.44. The van der Waals surface area contributed by atoms with Gasteiger partial charge in [0, 0.05) is 16.2 Å². The van der Waals surface area contributed by atoms with E-state index >= 15 is 0 Å². The lowest BCUT2D eigenvalue weighted by Gasteiger charge is -1.99. The number of hydrogen-bond acceptors (Lipinski definition) is 2. The first-order valence-electron chi connectivity index (χ1n) is 5.86. The standard InChI is InChI=1S/C16H10O2/c17-11-6-8-12-10(9-11)5-7-14-13-3-1-2-4-15(13)18-16(12)14/h1-9,17H. The highest BCUT2D eigenvalue weighted by Gasteiger charge is 2.09. The van der Waals surface area contributed by atoms with Gasteiger partial charge in [-0.2, -0.15) is 0 Å². The molecule has 0 spiro atoms. The third-order valence-electron chi connectivity index (χ3n) is 3.34. The number of hydrogen-bond donors (Lipinski definition) is 1. The quantitative estimate of drug-likeness (QED) is 0.487. The Morgan fingerprint density at radius 1 is 0.778 bits per heavy atom. The van der Waals surface area contributed by atoms with Crippen LogP contribution >= 0.6 is 0 Å². The average molecular weight is 234 g/mol. The molecule has 1 heterocycles. The summed E-state index contributed by atoms with van der Waals surface area (Å²) in [7, 11) is 0. The molecule has 86 valence electrons. The molecule has 0 amide bonds. The van der Waals surface area contributed by atoms with Crippen LogP contribution < -0.4 is 0 Å². The van der Waals surface area contributed by atoms with Gasteiger partial charge in [-0.25, -0.2) is 0 Å². The molecule has 0 aliphatic heterocycles. The summed E-state index contributed by atoms with van der Waals surface area (Å²) >= 11 is 0. The molecule has 1 N–H and O–H groups in total. The lowest BCUT2D eigenvalue weighted by atomic mass is 10.1. The van der Waals surface area contributed by atoms with Gasteiger partial charge in [-0.3, -0.25) is 0 Å². The van der Waals surface area contributed by atoms with Crippen molar-refractivity contribution in [1.29, 1.82) is 0 Å². The molecule has 18 heavy (non-hydrogen) atoms. The van der Waals surface area contributed by atoms with Crippen LogP contribution in [0.15, 0.2) is 59.0 Å². The first-order valence-corrected chi connectivity index (χ1v) is 5.86. The molecule has 4 rings (SSSR count). The van der Waals surface area contributed by atoms with E-state index in [1.807, 2.05) is 36.4 Å². The van der Waals surface area contributed by atoms with Crippen molar-refractivity contribution in [2.24, 2.45) is 0 Å². The van der Waals surface area contributed by atoms with Crippen molar-refractivity contribution in [2.75, 3.05) is 0 Å². The van der Waals surface area contributed by atoms with Crippen LogP contribution in [-0.2, 0) is 0 Å². The number of phenols is 1. The van der Waals surface area contributed by atoms with Gasteiger partial charge in [0.2, 0.25) is 0 Å². The molecule has 0 saturated carbocycles. The third kappa shape index (κ3) is 1.17. The lowest BCUT2D eigenvalue weighted by molar-refractivity contribution is 0.476. The second-order valence-electron chi connectivity index (χ2n) is 4.45. The maximum Gasteiger partial charge on any atom is 0.143 e. The fraction of sp³-hybridized carbons (Fsp3) is 0. The van der Waals surface area contributed by atoms with Gasteiger partial charge in [-0.1, -0.05) is 24.3 Å². The van der Waals surface area contributed by atoms with Crippen LogP contribution in [0.5, 0.6) is 5.75 Å². The topological polar surface area (TPSA) is 33.4 Å². The third-order valence-corrected chi connectivity index (χ3v) is 3.34. The average Bonchev–Trinajstić information content (AvgIpc) is 2.77. The predicted molar refractivity (Wildman–Crippen MR) is 72.9 cm³/mol. The summed E-state index contributed by atoms with van der Waals surface area (Å²) in [6, 6.07) is 17.4. The smallest absolute Gasteiger partial charge is 0.143 e. The van der Waals surface area contributed by atoms with Crippen molar-refractivity contribution in [3.05, 3.63) is 54.6 Å². The molecule has 0 aliphatic rings. The highest BCUT2D eigenvalue weighted by molar-refractivity contribution is 6.15. The molecule has 3 aromatic carbocycles. The van der Waals surface area contributed by atoms with Crippen molar-refractivity contribution >= 4 is 32.7 Å². The molecule has 0 aliphatic carbocycles. The zero-order valence-electron chi connectivity index (χ0n) is 9.55. The van der Waals surface area contributed by atoms with Gasteiger partial charge in [0.1, 0.15) is 16.9 Å². The number of fused-ring (bicyclic) bond motifs is 5. The Labute approximate surface area is 103 Å². The number of rotatable bonds is 0. The van der Waals surface area contributed by atoms with Gasteiger partial charge < -0.3 is 9.52 Å². The monoisotopic (exact) mass is 234 g/mol. The molecule has 0 atom stereocenters. The van der Waals surface area contributed by atoms with Gasteiger partial charge in [-0.15, -0.1) is 0 Å². The van der Waals surface area contributed by atoms with Gasteiger partial charge >= 0.3 is 0 Å². The van der Waals surface area contributed by atoms with E-state index < -0.39 is 0 Å². The van der Waals surface area contributed by atoms with E-state index in [0.29, 0.717) is 0 Å². The molecule has 1 aromatic heterocycles. The largest absolute Gasteiger partial charge is 0.508 e. The van der Waals surface area contributed by atoms with E-state index in [2.05, 4.69) is 6.07 Å². The Kier molecular flexibility index (Phi) is 1.73. The Bertz CT molecular complexity index is 887. The van der Waals surface area contributed by atoms with Crippen LogP contribution in [-0.4, -0.2) is 5.11 Å². The number of furan rings is 1. The molecule has 0 radical (unpaired) electrons. The van der Waals surface area contributed by atoms with E-state index in [9.17, 15) is 5.11 Å². The van der Waals surface area contributed by atoms with Crippen LogP contribution in [0.1, 0.15) is 0 Å². The molecular weight excluding hydrogens is 224 g/mol. The van der Waals surface area contributed by atoms with Crippen LogP contribution in [0, 0.1) is 0 Å². The first-order chi connectivity index (χ1) is 8.83. The van der Waals surface area contributed by atoms with Gasteiger partial charge in [0.15, 0.2) is 0 Å². The van der Waals surface area contributed by atoms with E-state index in [-0.39, 0.29) is 5.75 Å². The first kappa shape index (κ1) is 9.54. The molecule has 0 unspecified atom stereocenters. The highest BCUT2D eigenvalue weighted by Crippen LogP contribution is 2.34. The van der Waals surface area contributed by atoms with E-state index in [1.165, 1.54) is 0 Å². The summed E-state index contributed by atoms with van der Waals surface area (Å²) in [5.74, 6) is 0.276. The molecule has 2 nitrogen and oxygen atoms in total. The van der Waals surface area contributed by atoms with Gasteiger partial charge in [0.25, 0.3) is 0 Å². The fourth-order valence-electron chi connectivity index (χ4n) is 2.50. The van der Waals surface area contributed by atoms with Crippen LogP contribution in [0.4, 0.5) is 0 Å². The second-order valence-corrected chi connectivity index (χ2v) is 4.45. The number of para-hydroxylation sites is 1. The zero-order valence-corrected chi connectivity index (χ0v) is 9.55. The zero-order chi connectivity index (χ0) is 12.1. The fourth-order valence-corrected chi connectivity index (χ4v) is 2.50. The second kappa shape index (κ2) is 3.26. The van der Waals surface area contributed by atoms with Gasteiger partial charge in [0.05, 0.1) is 0 Å². The Morgan fingerprint density at radius 2 is 1.61 bits per heavy atom. The molecular formula is C16H10O2. The summed E-state index contributed by atoms with van der Waals surface area (Å²) in [5, 5.41) is 13.8. The molecule has 0 saturated heterocycles. The summed E-state index contributed by atoms with van der Waals surface area (Å²) in [6.07, 6.45) is 0. The normalized spacial score (nSPS) is 11.6. The van der Waals surface area contributed by atoms with Crippen LogP contribution in [0.25, 0.3) is 32.7 Å². The van der Waals surface area contributed by atoms with E-state index in [0.717, 1.165) is 32.7 Å². The minimum atomic E-state index is 0.276. The Balaban J connectivity index is 2.28. The maximum atomic E-state index is 9.51. The van der Waals surface area contributed by atoms with Crippen molar-refractivity contribution in [3.8, 4) is 5.75 Å². The minimum Gasteiger partial charge on any atom is -0.508 e. The lowest BCUT2D eigenvalue weighted by Crippen LogP contribution is -1.73. The molecule has 0 fully saturated rings. The van der Waals surface area contributed by atoms with Crippen LogP contribution in [0.2, 0.25) is 0 Å². The summed E-state index contributed by atoms with van der Waals surface area (Å²) in [5.41, 5.74) is 1.78. The van der Waals surface area contributed by atoms with Crippen LogP contribution in [0.3, 0.4) is 0 Å². The van der Waals surface area contributed by atoms with Crippen molar-refractivity contribution in [3.63, 3.8) is 0 Å². The van der Waals surface area contributed by atoms with Crippen molar-refractivity contribution in [2.45, 2.75) is 0 Å². The minimum absolute atomic E-state index is 0.276. The van der Waals surface area contributed by atoms with E-state index in [1.54, 1.807) is 12.1 Å². The van der Waals surface area contributed by atoms with Gasteiger partial charge in [-0.05, 0) is 35.7 Å². The summed E-state index contributed by atoms with van der Waals surface area (Å²) in [6.45, 7) is 0. The Morgan fingerprint density at radius 3 is 2.56 bits per heavy atom. The molecule has 4 aromatic rings. The molecule has 2 heteroatoms. The van der Waals surface area contributed by atoms with Crippen molar-refractivity contribution in [1.82, 2.24) is 0 Å². The summed E-state index contributed by atoms with van der Waals surface area (Å²) in [4.78, 5) is 0. The van der Waals surface area contributed by atoms with E-state index in [4.69, 9.17) is 4.42 Å². The highest BCUT2D eigenvalue weighted by atomic mass is 16.3.